The Hall–Kier alpha value is -2.84. The summed E-state index contributed by atoms with van der Waals surface area (Å²) in [5.41, 5.74) is 0.881. The van der Waals surface area contributed by atoms with E-state index in [1.165, 1.54) is 0 Å². The van der Waals surface area contributed by atoms with E-state index in [9.17, 15) is 20.4 Å². The third-order valence-corrected chi connectivity index (χ3v) is 6.15. The van der Waals surface area contributed by atoms with E-state index in [1.54, 1.807) is 11.1 Å². The molecule has 1 N–H and O–H groups in total. The fraction of sp³-hybridized carbons (Fsp3) is 0.190. The molecule has 2 heterocycles. The highest BCUT2D eigenvalue weighted by Gasteiger charge is 2.64. The van der Waals surface area contributed by atoms with E-state index in [-0.39, 0.29) is 0 Å². The molecule has 132 valence electrons. The summed E-state index contributed by atoms with van der Waals surface area (Å²) in [6, 6.07) is 17.7. The second-order valence-electron chi connectivity index (χ2n) is 6.70. The van der Waals surface area contributed by atoms with Gasteiger partial charge < -0.3 is 10.0 Å². The topological polar surface area (TPSA) is 88.1 Å². The van der Waals surface area contributed by atoms with Gasteiger partial charge in [-0.2, -0.15) is 10.5 Å². The molecule has 0 aliphatic carbocycles. The van der Waals surface area contributed by atoms with Crippen LogP contribution in [0.2, 0.25) is 0 Å². The van der Waals surface area contributed by atoms with Crippen molar-refractivity contribution in [2.24, 2.45) is 5.41 Å². The van der Waals surface area contributed by atoms with Gasteiger partial charge in [0.1, 0.15) is 6.04 Å². The minimum absolute atomic E-state index is 0.640. The maximum absolute atomic E-state index is 12.2. The monoisotopic (exact) mass is 467 g/mol. The molecule has 5 nitrogen and oxygen atoms in total. The summed E-state index contributed by atoms with van der Waals surface area (Å²) in [5, 5.41) is 30.3. The fourth-order valence-corrected chi connectivity index (χ4v) is 4.68. The molecule has 0 radical (unpaired) electrons. The number of halogens is 1. The summed E-state index contributed by atoms with van der Waals surface area (Å²) in [7, 11) is 0. The van der Waals surface area contributed by atoms with Gasteiger partial charge in [0.25, 0.3) is 0 Å². The molecule has 27 heavy (non-hydrogen) atoms. The number of rotatable bonds is 2. The van der Waals surface area contributed by atoms with Gasteiger partial charge in [-0.15, -0.1) is 0 Å². The summed E-state index contributed by atoms with van der Waals surface area (Å²) >= 11 is 2.17. The third kappa shape index (κ3) is 2.44. The van der Waals surface area contributed by atoms with Crippen LogP contribution in [0.5, 0.6) is 0 Å². The lowest BCUT2D eigenvalue weighted by atomic mass is 9.68. The predicted octanol–water partition coefficient (Wildman–Crippen LogP) is 3.90. The van der Waals surface area contributed by atoms with Crippen LogP contribution in [0.1, 0.15) is 28.7 Å². The maximum atomic E-state index is 12.2. The van der Waals surface area contributed by atoms with Gasteiger partial charge in [0.2, 0.25) is 0 Å². The molecule has 4 rings (SSSR count). The quantitative estimate of drug-likeness (QED) is 0.677. The lowest BCUT2D eigenvalue weighted by Gasteiger charge is -2.33. The Labute approximate surface area is 170 Å². The van der Waals surface area contributed by atoms with Crippen molar-refractivity contribution in [1.82, 2.24) is 4.90 Å². The van der Waals surface area contributed by atoms with E-state index in [0.29, 0.717) is 5.56 Å². The molecule has 0 unspecified atom stereocenters. The Morgan fingerprint density at radius 2 is 1.78 bits per heavy atom. The zero-order chi connectivity index (χ0) is 19.2. The highest BCUT2D eigenvalue weighted by atomic mass is 127. The number of nitrogens with zero attached hydrogens (tertiary/aromatic N) is 3. The van der Waals surface area contributed by atoms with Crippen LogP contribution in [-0.2, 0) is 4.79 Å². The Balaban J connectivity index is 2.00. The molecular weight excluding hydrogens is 453 g/mol. The standard InChI is InChI=1S/C21H14IN3O2/c22-15-7-5-14(6-8-15)17-18(20(26)27)25-10-9-13-3-1-2-4-16(13)19(25)21(17,11-23)12-24/h1-10,17-19H,(H,26,27)/t17-,18+,19-/m0/s1. The van der Waals surface area contributed by atoms with Crippen LogP contribution < -0.4 is 0 Å². The van der Waals surface area contributed by atoms with Crippen molar-refractivity contribution in [3.05, 3.63) is 75.0 Å². The SMILES string of the molecule is N#CC1(C#N)[C@@H]2c3ccccc3C=CN2[C@@H](C(=O)O)[C@@H]1c1ccc(I)cc1. The first-order valence-electron chi connectivity index (χ1n) is 8.39. The first-order valence-corrected chi connectivity index (χ1v) is 9.46. The molecule has 0 amide bonds. The molecule has 2 aliphatic rings. The molecule has 6 heteroatoms. The van der Waals surface area contributed by atoms with Crippen molar-refractivity contribution in [3.63, 3.8) is 0 Å². The third-order valence-electron chi connectivity index (χ3n) is 5.43. The predicted molar refractivity (Wildman–Crippen MR) is 107 cm³/mol. The normalized spacial score (nSPS) is 24.4. The van der Waals surface area contributed by atoms with Crippen molar-refractivity contribution in [1.29, 1.82) is 10.5 Å². The van der Waals surface area contributed by atoms with Gasteiger partial charge in [-0.25, -0.2) is 4.79 Å². The van der Waals surface area contributed by atoms with Crippen LogP contribution in [0, 0.1) is 31.6 Å². The number of hydrogen-bond acceptors (Lipinski definition) is 4. The molecule has 2 aromatic carbocycles. The number of benzene rings is 2. The van der Waals surface area contributed by atoms with Crippen LogP contribution in [0.15, 0.2) is 54.7 Å². The summed E-state index contributed by atoms with van der Waals surface area (Å²) in [4.78, 5) is 13.9. The summed E-state index contributed by atoms with van der Waals surface area (Å²) in [6.07, 6.45) is 3.56. The molecular formula is C21H14IN3O2. The summed E-state index contributed by atoms with van der Waals surface area (Å²) < 4.78 is 1.00. The van der Waals surface area contributed by atoms with Crippen molar-refractivity contribution >= 4 is 34.6 Å². The van der Waals surface area contributed by atoms with E-state index in [4.69, 9.17) is 0 Å². The van der Waals surface area contributed by atoms with Crippen molar-refractivity contribution in [2.75, 3.05) is 0 Å². The van der Waals surface area contributed by atoms with E-state index >= 15 is 0 Å². The van der Waals surface area contributed by atoms with Gasteiger partial charge >= 0.3 is 5.97 Å². The molecule has 1 fully saturated rings. The van der Waals surface area contributed by atoms with Crippen LogP contribution in [0.3, 0.4) is 0 Å². The van der Waals surface area contributed by atoms with Crippen LogP contribution in [-0.4, -0.2) is 22.0 Å². The zero-order valence-electron chi connectivity index (χ0n) is 14.1. The summed E-state index contributed by atoms with van der Waals surface area (Å²) in [5.74, 6) is -1.82. The first kappa shape index (κ1) is 17.6. The number of aliphatic carboxylic acids is 1. The number of nitriles is 2. The molecule has 0 saturated carbocycles. The summed E-state index contributed by atoms with van der Waals surface area (Å²) in [6.45, 7) is 0. The Morgan fingerprint density at radius 3 is 2.41 bits per heavy atom. The maximum Gasteiger partial charge on any atom is 0.327 e. The van der Waals surface area contributed by atoms with Crippen molar-refractivity contribution in [2.45, 2.75) is 18.0 Å². The minimum atomic E-state index is -1.52. The smallest absolute Gasteiger partial charge is 0.327 e. The second-order valence-corrected chi connectivity index (χ2v) is 7.94. The second kappa shape index (κ2) is 6.40. The van der Waals surface area contributed by atoms with Gasteiger partial charge in [-0.3, -0.25) is 0 Å². The number of carbonyl (C=O) groups is 1. The van der Waals surface area contributed by atoms with E-state index < -0.39 is 29.4 Å². The van der Waals surface area contributed by atoms with Crippen LogP contribution in [0.4, 0.5) is 0 Å². The molecule has 2 aliphatic heterocycles. The van der Waals surface area contributed by atoms with E-state index in [0.717, 1.165) is 14.7 Å². The number of fused-ring (bicyclic) bond motifs is 3. The van der Waals surface area contributed by atoms with Crippen molar-refractivity contribution < 1.29 is 9.90 Å². The molecule has 3 atom stereocenters. The van der Waals surface area contributed by atoms with Gasteiger partial charge in [0.05, 0.1) is 18.2 Å². The van der Waals surface area contributed by atoms with Crippen molar-refractivity contribution in [3.8, 4) is 12.1 Å². The fourth-order valence-electron chi connectivity index (χ4n) is 4.32. The molecule has 1 saturated heterocycles. The number of carboxylic acid groups (broad SMARTS) is 1. The van der Waals surface area contributed by atoms with Gasteiger partial charge in [0.15, 0.2) is 5.41 Å². The van der Waals surface area contributed by atoms with E-state index in [2.05, 4.69) is 34.7 Å². The highest BCUT2D eigenvalue weighted by Crippen LogP contribution is 2.59. The average molecular weight is 467 g/mol. The van der Waals surface area contributed by atoms with Crippen LogP contribution >= 0.6 is 22.6 Å². The average Bonchev–Trinajstić information content (AvgIpc) is 3.00. The lowest BCUT2D eigenvalue weighted by Crippen LogP contribution is -2.37. The van der Waals surface area contributed by atoms with Gasteiger partial charge in [-0.1, -0.05) is 36.4 Å². The largest absolute Gasteiger partial charge is 0.480 e. The minimum Gasteiger partial charge on any atom is -0.480 e. The molecule has 0 spiro atoms. The Morgan fingerprint density at radius 1 is 1.11 bits per heavy atom. The Bertz CT molecular complexity index is 1020. The Kier molecular flexibility index (Phi) is 4.16. The molecule has 0 aromatic heterocycles. The molecule has 0 bridgehead atoms. The lowest BCUT2D eigenvalue weighted by molar-refractivity contribution is -0.142. The van der Waals surface area contributed by atoms with Gasteiger partial charge in [-0.05, 0) is 57.5 Å². The van der Waals surface area contributed by atoms with Crippen LogP contribution in [0.25, 0.3) is 6.08 Å². The number of carboxylic acids is 1. The zero-order valence-corrected chi connectivity index (χ0v) is 16.2. The highest BCUT2D eigenvalue weighted by molar-refractivity contribution is 14.1. The van der Waals surface area contributed by atoms with Gasteiger partial charge in [0, 0.05) is 15.7 Å². The first-order chi connectivity index (χ1) is 13.0. The van der Waals surface area contributed by atoms with E-state index in [1.807, 2.05) is 54.6 Å². The number of hydrogen-bond donors (Lipinski definition) is 1. The molecule has 2 aromatic rings.